The molecule has 1 aliphatic rings. The van der Waals surface area contributed by atoms with Crippen LogP contribution in [-0.2, 0) is 22.5 Å². The van der Waals surface area contributed by atoms with Gasteiger partial charge in [-0.2, -0.15) is 0 Å². The second kappa shape index (κ2) is 12.0. The zero-order valence-electron chi connectivity index (χ0n) is 23.9. The van der Waals surface area contributed by atoms with Gasteiger partial charge in [-0.1, -0.05) is 60.7 Å². The molecule has 7 rings (SSSR count). The van der Waals surface area contributed by atoms with Gasteiger partial charge >= 0.3 is 0 Å². The van der Waals surface area contributed by atoms with Crippen LogP contribution < -0.4 is 10.6 Å². The second-order valence-electron chi connectivity index (χ2n) is 11.1. The fraction of sp³-hybridized carbons (Fsp3) is 0.273. The van der Waals surface area contributed by atoms with Gasteiger partial charge in [-0.25, -0.2) is 15.0 Å². The van der Waals surface area contributed by atoms with Crippen LogP contribution >= 0.6 is 0 Å². The Balaban J connectivity index is 0.972. The normalized spacial score (nSPS) is 20.0. The zero-order valence-corrected chi connectivity index (χ0v) is 23.9. The maximum Gasteiger partial charge on any atom is 0.220 e. The summed E-state index contributed by atoms with van der Waals surface area (Å²) in [6.45, 7) is 0.602. The molecule has 0 saturated carbocycles. The molecule has 1 fully saturated rings. The van der Waals surface area contributed by atoms with E-state index >= 15 is 0 Å². The first-order valence-electron chi connectivity index (χ1n) is 14.8. The summed E-state index contributed by atoms with van der Waals surface area (Å²) in [6, 6.07) is 22.5. The number of amides is 1. The van der Waals surface area contributed by atoms with Gasteiger partial charge in [0, 0.05) is 36.6 Å². The molecule has 0 spiro atoms. The second-order valence-corrected chi connectivity index (χ2v) is 11.1. The topological polar surface area (TPSA) is 150 Å². The number of nitrogens with zero attached hydrogens (tertiary/aromatic N) is 4. The van der Waals surface area contributed by atoms with Crippen LogP contribution in [-0.4, -0.2) is 65.5 Å². The highest BCUT2D eigenvalue weighted by atomic mass is 16.6. The van der Waals surface area contributed by atoms with E-state index in [2.05, 4.69) is 60.9 Å². The van der Waals surface area contributed by atoms with Gasteiger partial charge in [0.25, 0.3) is 0 Å². The first-order chi connectivity index (χ1) is 21.6. The average Bonchev–Trinajstić information content (AvgIpc) is 3.75. The van der Waals surface area contributed by atoms with Crippen molar-refractivity contribution in [1.82, 2.24) is 29.8 Å². The number of aliphatic hydroxyl groups excluding tert-OH is 2. The van der Waals surface area contributed by atoms with E-state index < -0.39 is 24.5 Å². The summed E-state index contributed by atoms with van der Waals surface area (Å²) in [6.07, 6.45) is 2.57. The molecule has 1 saturated heterocycles. The predicted octanol–water partition coefficient (Wildman–Crippen LogP) is 3.83. The summed E-state index contributed by atoms with van der Waals surface area (Å²) in [7, 11) is 0. The van der Waals surface area contributed by atoms with Gasteiger partial charge in [0.2, 0.25) is 5.91 Å². The Morgan fingerprint density at radius 2 is 1.75 bits per heavy atom. The molecule has 44 heavy (non-hydrogen) atoms. The maximum absolute atomic E-state index is 12.6. The lowest BCUT2D eigenvalue weighted by Gasteiger charge is -2.17. The van der Waals surface area contributed by atoms with Crippen LogP contribution in [0.15, 0.2) is 85.6 Å². The van der Waals surface area contributed by atoms with Crippen molar-refractivity contribution in [2.75, 3.05) is 11.9 Å². The number of rotatable bonds is 10. The number of aliphatic hydroxyl groups is 2. The van der Waals surface area contributed by atoms with Crippen LogP contribution in [0, 0.1) is 0 Å². The third-order valence-corrected chi connectivity index (χ3v) is 8.32. The number of nitrogens with one attached hydrogen (secondary N) is 3. The molecule has 11 heteroatoms. The lowest BCUT2D eigenvalue weighted by atomic mass is 10.0. The minimum absolute atomic E-state index is 0.0695. The monoisotopic (exact) mass is 591 g/mol. The molecule has 0 aliphatic carbocycles. The van der Waals surface area contributed by atoms with E-state index in [1.54, 1.807) is 4.57 Å². The molecule has 11 nitrogen and oxygen atoms in total. The van der Waals surface area contributed by atoms with E-state index in [0.29, 0.717) is 36.4 Å². The lowest BCUT2D eigenvalue weighted by Crippen LogP contribution is -2.39. The van der Waals surface area contributed by atoms with Crippen molar-refractivity contribution in [2.24, 2.45) is 0 Å². The first kappa shape index (κ1) is 28.0. The molecular weight excluding hydrogens is 558 g/mol. The first-order valence-corrected chi connectivity index (χ1v) is 14.8. The van der Waals surface area contributed by atoms with Crippen LogP contribution in [0.3, 0.4) is 0 Å². The number of aromatic nitrogens is 5. The quantitative estimate of drug-likeness (QED) is 0.161. The van der Waals surface area contributed by atoms with E-state index in [-0.39, 0.29) is 12.5 Å². The van der Waals surface area contributed by atoms with Crippen LogP contribution in [0.2, 0.25) is 0 Å². The standard InChI is InChI=1S/C33H33N7O4/c41-27(14-6-10-22-15-34-25-13-4-3-12-24(22)25)35-17-26-29(42)30(43)33(44-26)40-19-39-28-31(37-18-38-32(28)40)36-16-21-9-5-8-20-7-1-2-11-23(20)21/h1-5,7-9,11-13,15,18-19,26,29-30,33-34,42-43H,6,10,14,16-17H2,(H,35,41)(H,36,37,38)/t26-,29-,30-,33-/m1/s1. The Hall–Kier alpha value is -4.84. The Bertz CT molecular complexity index is 1930. The van der Waals surface area contributed by atoms with Crippen LogP contribution in [0.1, 0.15) is 30.2 Å². The fourth-order valence-corrected chi connectivity index (χ4v) is 6.00. The van der Waals surface area contributed by atoms with Gasteiger partial charge in [0.1, 0.15) is 24.6 Å². The molecule has 3 aromatic heterocycles. The number of aromatic amines is 1. The summed E-state index contributed by atoms with van der Waals surface area (Å²) in [5.74, 6) is 0.410. The van der Waals surface area contributed by atoms with E-state index in [1.165, 1.54) is 23.6 Å². The molecule has 0 bridgehead atoms. The third kappa shape index (κ3) is 5.37. The highest BCUT2D eigenvalue weighted by molar-refractivity contribution is 5.87. The highest BCUT2D eigenvalue weighted by Gasteiger charge is 2.44. The SMILES string of the molecule is O=C(CCCc1c[nH]c2ccccc12)NC[C@H]1O[C@@H](n2cnc3c(NCc4cccc5ccccc45)ncnc32)[C@H](O)[C@@H]1O. The summed E-state index contributed by atoms with van der Waals surface area (Å²) < 4.78 is 7.64. The smallest absolute Gasteiger partial charge is 0.220 e. The van der Waals surface area contributed by atoms with Gasteiger partial charge in [0.15, 0.2) is 23.2 Å². The molecule has 5 N–H and O–H groups in total. The van der Waals surface area contributed by atoms with Gasteiger partial charge < -0.3 is 30.6 Å². The van der Waals surface area contributed by atoms with Crippen molar-refractivity contribution in [2.45, 2.75) is 50.3 Å². The fourth-order valence-electron chi connectivity index (χ4n) is 6.00. The number of aryl methyl sites for hydroxylation is 1. The van der Waals surface area contributed by atoms with E-state index in [0.717, 1.165) is 28.3 Å². The number of anilines is 1. The lowest BCUT2D eigenvalue weighted by molar-refractivity contribution is -0.122. The molecule has 4 atom stereocenters. The molecule has 1 amide bonds. The number of hydrogen-bond acceptors (Lipinski definition) is 8. The number of H-pyrrole nitrogens is 1. The number of carbonyl (C=O) groups excluding carboxylic acids is 1. The predicted molar refractivity (Wildman–Crippen MR) is 167 cm³/mol. The molecular formula is C33H33N7O4. The summed E-state index contributed by atoms with van der Waals surface area (Å²) in [5.41, 5.74) is 4.36. The number of imidazole rings is 1. The Morgan fingerprint density at radius 3 is 2.66 bits per heavy atom. The van der Waals surface area contributed by atoms with Crippen molar-refractivity contribution < 1.29 is 19.7 Å². The molecule has 4 heterocycles. The summed E-state index contributed by atoms with van der Waals surface area (Å²) in [5, 5.41) is 31.3. The largest absolute Gasteiger partial charge is 0.387 e. The highest BCUT2D eigenvalue weighted by Crippen LogP contribution is 2.32. The minimum Gasteiger partial charge on any atom is -0.387 e. The van der Waals surface area contributed by atoms with Crippen molar-refractivity contribution in [3.8, 4) is 0 Å². The molecule has 224 valence electrons. The molecule has 0 unspecified atom stereocenters. The zero-order chi connectivity index (χ0) is 30.0. The van der Waals surface area contributed by atoms with Crippen LogP contribution in [0.4, 0.5) is 5.82 Å². The average molecular weight is 592 g/mol. The van der Waals surface area contributed by atoms with E-state index in [4.69, 9.17) is 4.74 Å². The van der Waals surface area contributed by atoms with Gasteiger partial charge in [-0.05, 0) is 40.8 Å². The third-order valence-electron chi connectivity index (χ3n) is 8.32. The van der Waals surface area contributed by atoms with Crippen molar-refractivity contribution in [3.05, 3.63) is 96.7 Å². The van der Waals surface area contributed by atoms with E-state index in [9.17, 15) is 15.0 Å². The molecule has 0 radical (unpaired) electrons. The molecule has 3 aromatic carbocycles. The van der Waals surface area contributed by atoms with Gasteiger partial charge in [0.05, 0.1) is 6.33 Å². The van der Waals surface area contributed by atoms with Gasteiger partial charge in [-0.15, -0.1) is 0 Å². The Kier molecular flexibility index (Phi) is 7.65. The number of benzene rings is 3. The van der Waals surface area contributed by atoms with E-state index in [1.807, 2.05) is 42.6 Å². The summed E-state index contributed by atoms with van der Waals surface area (Å²) >= 11 is 0. The van der Waals surface area contributed by atoms with Crippen molar-refractivity contribution in [3.63, 3.8) is 0 Å². The van der Waals surface area contributed by atoms with Gasteiger partial charge in [-0.3, -0.25) is 9.36 Å². The minimum atomic E-state index is -1.24. The Morgan fingerprint density at radius 1 is 0.932 bits per heavy atom. The van der Waals surface area contributed by atoms with Crippen molar-refractivity contribution >= 4 is 44.6 Å². The number of carbonyl (C=O) groups is 1. The van der Waals surface area contributed by atoms with Crippen molar-refractivity contribution in [1.29, 1.82) is 0 Å². The molecule has 1 aliphatic heterocycles. The number of ether oxygens (including phenoxy) is 1. The maximum atomic E-state index is 12.6. The summed E-state index contributed by atoms with van der Waals surface area (Å²) in [4.78, 5) is 29.1. The number of hydrogen-bond donors (Lipinski definition) is 5. The van der Waals surface area contributed by atoms with Crippen LogP contribution in [0.5, 0.6) is 0 Å². The number of para-hydroxylation sites is 1. The molecule has 6 aromatic rings. The van der Waals surface area contributed by atoms with Crippen LogP contribution in [0.25, 0.3) is 32.8 Å². The Labute approximate surface area is 252 Å². The number of fused-ring (bicyclic) bond motifs is 3.